The summed E-state index contributed by atoms with van der Waals surface area (Å²) in [7, 11) is 0. The van der Waals surface area contributed by atoms with Crippen LogP contribution in [0, 0.1) is 0 Å². The molecule has 1 aromatic carbocycles. The Morgan fingerprint density at radius 3 is 2.45 bits per heavy atom. The summed E-state index contributed by atoms with van der Waals surface area (Å²) in [6.07, 6.45) is -3.48. The van der Waals surface area contributed by atoms with Gasteiger partial charge in [0.1, 0.15) is 5.69 Å². The number of pyridine rings is 1. The fourth-order valence-corrected chi connectivity index (χ4v) is 1.84. The maximum absolute atomic E-state index is 12.6. The van der Waals surface area contributed by atoms with Crippen molar-refractivity contribution in [3.05, 3.63) is 52.3 Å². The lowest BCUT2D eigenvalue weighted by Gasteiger charge is -2.12. The van der Waals surface area contributed by atoms with Gasteiger partial charge in [0.25, 0.3) is 0 Å². The lowest BCUT2D eigenvalue weighted by Crippen LogP contribution is -2.10. The lowest BCUT2D eigenvalue weighted by molar-refractivity contribution is -0.141. The summed E-state index contributed by atoms with van der Waals surface area (Å²) < 4.78 is 38.6. The van der Waals surface area contributed by atoms with Crippen LogP contribution in [0.5, 0.6) is 0 Å². The van der Waals surface area contributed by atoms with E-state index in [4.69, 9.17) is 5.73 Å². The zero-order chi connectivity index (χ0) is 14.8. The minimum atomic E-state index is -4.48. The second-order valence-corrected chi connectivity index (χ2v) is 5.05. The number of halogens is 4. The molecule has 0 aliphatic carbocycles. The molecule has 0 saturated heterocycles. The van der Waals surface area contributed by atoms with Gasteiger partial charge in [-0.2, -0.15) is 13.2 Å². The topological polar surface area (TPSA) is 50.9 Å². The van der Waals surface area contributed by atoms with Crippen LogP contribution in [-0.4, -0.2) is 4.98 Å². The minimum absolute atomic E-state index is 0.176. The number of hydrogen-bond donors (Lipinski definition) is 2. The molecule has 2 aromatic rings. The van der Waals surface area contributed by atoms with Gasteiger partial charge in [0.2, 0.25) is 0 Å². The van der Waals surface area contributed by atoms with E-state index < -0.39 is 11.9 Å². The number of anilines is 2. The molecule has 20 heavy (non-hydrogen) atoms. The van der Waals surface area contributed by atoms with E-state index in [1.165, 1.54) is 0 Å². The SMILES string of the molecule is Nc1cnc(C(F)(F)F)cc1NCc1ccc(Br)cc1. The largest absolute Gasteiger partial charge is 0.433 e. The molecule has 0 fully saturated rings. The number of aromatic nitrogens is 1. The molecule has 7 heteroatoms. The molecule has 1 heterocycles. The van der Waals surface area contributed by atoms with E-state index in [2.05, 4.69) is 26.2 Å². The lowest BCUT2D eigenvalue weighted by atomic mass is 10.2. The molecular weight excluding hydrogens is 335 g/mol. The molecule has 2 rings (SSSR count). The van der Waals surface area contributed by atoms with Crippen LogP contribution in [-0.2, 0) is 12.7 Å². The highest BCUT2D eigenvalue weighted by Crippen LogP contribution is 2.31. The number of hydrogen-bond acceptors (Lipinski definition) is 3. The van der Waals surface area contributed by atoms with Gasteiger partial charge in [0.15, 0.2) is 0 Å². The average Bonchev–Trinajstić information content (AvgIpc) is 2.38. The highest BCUT2D eigenvalue weighted by Gasteiger charge is 2.32. The van der Waals surface area contributed by atoms with Gasteiger partial charge in [0.05, 0.1) is 17.6 Å². The third-order valence-electron chi connectivity index (χ3n) is 2.62. The number of nitrogen functional groups attached to an aromatic ring is 1. The zero-order valence-corrected chi connectivity index (χ0v) is 11.8. The maximum Gasteiger partial charge on any atom is 0.433 e. The van der Waals surface area contributed by atoms with E-state index in [0.717, 1.165) is 22.3 Å². The zero-order valence-electron chi connectivity index (χ0n) is 10.2. The van der Waals surface area contributed by atoms with Crippen LogP contribution in [0.3, 0.4) is 0 Å². The van der Waals surface area contributed by atoms with Crippen molar-refractivity contribution in [2.24, 2.45) is 0 Å². The number of nitrogens with one attached hydrogen (secondary N) is 1. The van der Waals surface area contributed by atoms with Crippen LogP contribution >= 0.6 is 15.9 Å². The normalized spacial score (nSPS) is 11.4. The highest BCUT2D eigenvalue weighted by molar-refractivity contribution is 9.10. The monoisotopic (exact) mass is 345 g/mol. The minimum Gasteiger partial charge on any atom is -0.396 e. The second kappa shape index (κ2) is 5.70. The summed E-state index contributed by atoms with van der Waals surface area (Å²) in [5.74, 6) is 0. The first-order valence-electron chi connectivity index (χ1n) is 5.67. The smallest absolute Gasteiger partial charge is 0.396 e. The molecule has 1 aromatic heterocycles. The molecule has 0 bridgehead atoms. The average molecular weight is 346 g/mol. The third kappa shape index (κ3) is 3.63. The second-order valence-electron chi connectivity index (χ2n) is 4.13. The molecule has 0 amide bonds. The van der Waals surface area contributed by atoms with Crippen LogP contribution in [0.4, 0.5) is 24.5 Å². The molecule has 0 saturated carbocycles. The van der Waals surface area contributed by atoms with Crippen molar-refractivity contribution in [3.63, 3.8) is 0 Å². The predicted molar refractivity (Wildman–Crippen MR) is 75.1 cm³/mol. The highest BCUT2D eigenvalue weighted by atomic mass is 79.9. The van der Waals surface area contributed by atoms with E-state index in [1.807, 2.05) is 24.3 Å². The van der Waals surface area contributed by atoms with Gasteiger partial charge in [-0.15, -0.1) is 0 Å². The van der Waals surface area contributed by atoms with E-state index >= 15 is 0 Å². The van der Waals surface area contributed by atoms with Crippen molar-refractivity contribution in [2.45, 2.75) is 12.7 Å². The molecular formula is C13H11BrF3N3. The first kappa shape index (κ1) is 14.6. The molecule has 0 spiro atoms. The standard InChI is InChI=1S/C13H11BrF3N3/c14-9-3-1-8(2-4-9)6-19-11-5-12(13(15,16)17)20-7-10(11)18/h1-5,7H,6,18H2,(H,19,20). The predicted octanol–water partition coefficient (Wildman–Crippen LogP) is 4.06. The van der Waals surface area contributed by atoms with Crippen molar-refractivity contribution in [3.8, 4) is 0 Å². The molecule has 3 N–H and O–H groups in total. The molecule has 0 atom stereocenters. The molecule has 106 valence electrons. The quantitative estimate of drug-likeness (QED) is 0.881. The first-order valence-corrected chi connectivity index (χ1v) is 6.46. The van der Waals surface area contributed by atoms with Crippen LogP contribution in [0.25, 0.3) is 0 Å². The van der Waals surface area contributed by atoms with Gasteiger partial charge >= 0.3 is 6.18 Å². The van der Waals surface area contributed by atoms with Gasteiger partial charge in [-0.25, -0.2) is 4.98 Å². The van der Waals surface area contributed by atoms with Crippen molar-refractivity contribution in [1.29, 1.82) is 0 Å². The van der Waals surface area contributed by atoms with Crippen molar-refractivity contribution < 1.29 is 13.2 Å². The van der Waals surface area contributed by atoms with Gasteiger partial charge < -0.3 is 11.1 Å². The number of alkyl halides is 3. The molecule has 0 radical (unpaired) electrons. The van der Waals surface area contributed by atoms with Gasteiger partial charge in [-0.1, -0.05) is 28.1 Å². The maximum atomic E-state index is 12.6. The summed E-state index contributed by atoms with van der Waals surface area (Å²) in [6, 6.07) is 8.34. The van der Waals surface area contributed by atoms with Crippen LogP contribution in [0.2, 0.25) is 0 Å². The van der Waals surface area contributed by atoms with Crippen LogP contribution in [0.15, 0.2) is 41.0 Å². The Hall–Kier alpha value is -1.76. The van der Waals surface area contributed by atoms with Gasteiger partial charge in [0, 0.05) is 11.0 Å². The summed E-state index contributed by atoms with van der Waals surface area (Å²) in [5.41, 5.74) is 5.98. The van der Waals surface area contributed by atoms with Crippen molar-refractivity contribution in [1.82, 2.24) is 4.98 Å². The van der Waals surface area contributed by atoms with E-state index in [-0.39, 0.29) is 11.4 Å². The van der Waals surface area contributed by atoms with Gasteiger partial charge in [-0.05, 0) is 23.8 Å². The number of benzene rings is 1. The van der Waals surface area contributed by atoms with Gasteiger partial charge in [-0.3, -0.25) is 0 Å². The van der Waals surface area contributed by atoms with Crippen LogP contribution in [0.1, 0.15) is 11.3 Å². The Morgan fingerprint density at radius 1 is 1.20 bits per heavy atom. The summed E-state index contributed by atoms with van der Waals surface area (Å²) in [5, 5.41) is 2.88. The Bertz CT molecular complexity index is 597. The number of nitrogens with two attached hydrogens (primary N) is 1. The Labute approximate surface area is 122 Å². The van der Waals surface area contributed by atoms with Crippen LogP contribution < -0.4 is 11.1 Å². The van der Waals surface area contributed by atoms with Crippen molar-refractivity contribution >= 4 is 27.3 Å². The first-order chi connectivity index (χ1) is 9.36. The summed E-state index contributed by atoms with van der Waals surface area (Å²) >= 11 is 3.31. The Morgan fingerprint density at radius 2 is 1.85 bits per heavy atom. The number of nitrogens with zero attached hydrogens (tertiary/aromatic N) is 1. The third-order valence-corrected chi connectivity index (χ3v) is 3.15. The molecule has 0 aliphatic rings. The van der Waals surface area contributed by atoms with E-state index in [9.17, 15) is 13.2 Å². The summed E-state index contributed by atoms with van der Waals surface area (Å²) in [4.78, 5) is 3.28. The number of rotatable bonds is 3. The van der Waals surface area contributed by atoms with E-state index in [1.54, 1.807) is 0 Å². The molecule has 0 unspecified atom stereocenters. The Kier molecular flexibility index (Phi) is 4.17. The molecule has 0 aliphatic heterocycles. The van der Waals surface area contributed by atoms with E-state index in [0.29, 0.717) is 6.54 Å². The fourth-order valence-electron chi connectivity index (χ4n) is 1.57. The van der Waals surface area contributed by atoms with Crippen molar-refractivity contribution in [2.75, 3.05) is 11.1 Å². The molecule has 3 nitrogen and oxygen atoms in total. The Balaban J connectivity index is 2.14. The summed E-state index contributed by atoms with van der Waals surface area (Å²) in [6.45, 7) is 0.374. The fraction of sp³-hybridized carbons (Fsp3) is 0.154.